The van der Waals surface area contributed by atoms with E-state index >= 15 is 0 Å². The molecule has 3 unspecified atom stereocenters. The Morgan fingerprint density at radius 2 is 0.967 bits per heavy atom. The van der Waals surface area contributed by atoms with Gasteiger partial charge in [-0.25, -0.2) is 9.36 Å². The van der Waals surface area contributed by atoms with Gasteiger partial charge in [-0.3, -0.25) is 18.6 Å². The number of carbonyl (C=O) groups is 3. The molecule has 0 aromatic rings. The number of hydrogen-bond acceptors (Lipinski definition) is 8. The maximum Gasteiger partial charge on any atom is 0.472 e. The van der Waals surface area contributed by atoms with Crippen molar-refractivity contribution in [2.45, 2.75) is 161 Å². The lowest BCUT2D eigenvalue weighted by Crippen LogP contribution is -2.43. The van der Waals surface area contributed by atoms with Gasteiger partial charge in [0, 0.05) is 12.8 Å². The topological polar surface area (TPSA) is 169 Å². The van der Waals surface area contributed by atoms with Crippen LogP contribution in [0.4, 0.5) is 0 Å². The van der Waals surface area contributed by atoms with E-state index in [0.717, 1.165) is 89.9 Å². The van der Waals surface area contributed by atoms with Crippen LogP contribution >= 0.6 is 7.82 Å². The van der Waals surface area contributed by atoms with Crippen LogP contribution in [0.3, 0.4) is 0 Å². The van der Waals surface area contributed by atoms with Crippen molar-refractivity contribution in [2.24, 2.45) is 0 Å². The van der Waals surface area contributed by atoms with E-state index in [1.165, 1.54) is 12.8 Å². The van der Waals surface area contributed by atoms with Crippen LogP contribution in [0.2, 0.25) is 0 Å². The SMILES string of the molecule is CC/C=C\C/C=C\C/C=C\C/C=C\C/C=C\C/C=C\C/C=C\CCCC(=O)OCC(O)COP(=O)(O)OCC(NC(=O)CCCCCCC/C=C\C/C=C\CCCC)C(=O)O. The summed E-state index contributed by atoms with van der Waals surface area (Å²) in [5.74, 6) is -2.48. The summed E-state index contributed by atoms with van der Waals surface area (Å²) in [7, 11) is -4.78. The Bertz CT molecular complexity index is 1440. The lowest BCUT2D eigenvalue weighted by molar-refractivity contribution is -0.147. The zero-order valence-electron chi connectivity index (χ0n) is 37.2. The maximum atomic E-state index is 12.3. The molecule has 3 atom stereocenters. The fourth-order valence-electron chi connectivity index (χ4n) is 5.32. The first kappa shape index (κ1) is 57.1. The van der Waals surface area contributed by atoms with Crippen LogP contribution in [0.15, 0.2) is 109 Å². The highest BCUT2D eigenvalue weighted by Crippen LogP contribution is 2.43. The van der Waals surface area contributed by atoms with E-state index in [0.29, 0.717) is 19.3 Å². The number of esters is 1. The highest BCUT2D eigenvalue weighted by atomic mass is 31.2. The van der Waals surface area contributed by atoms with E-state index in [9.17, 15) is 34.1 Å². The Kier molecular flexibility index (Phi) is 40.1. The van der Waals surface area contributed by atoms with Gasteiger partial charge in [-0.1, -0.05) is 155 Å². The normalized spacial score (nSPS) is 14.7. The number of hydrogen-bond donors (Lipinski definition) is 4. The number of phosphoric acid groups is 1. The van der Waals surface area contributed by atoms with E-state index in [4.69, 9.17) is 13.8 Å². The molecule has 0 aromatic carbocycles. The molecular weight excluding hydrogens is 794 g/mol. The number of ether oxygens (including phenoxy) is 1. The maximum absolute atomic E-state index is 12.3. The molecule has 0 saturated carbocycles. The van der Waals surface area contributed by atoms with Crippen molar-refractivity contribution in [3.05, 3.63) is 109 Å². The summed E-state index contributed by atoms with van der Waals surface area (Å²) in [6.45, 7) is 2.34. The lowest BCUT2D eigenvalue weighted by Gasteiger charge is -2.18. The van der Waals surface area contributed by atoms with Gasteiger partial charge in [0.25, 0.3) is 0 Å². The van der Waals surface area contributed by atoms with Gasteiger partial charge in [0.2, 0.25) is 5.91 Å². The van der Waals surface area contributed by atoms with Crippen molar-refractivity contribution >= 4 is 25.7 Å². The smallest absolute Gasteiger partial charge is 0.472 e. The van der Waals surface area contributed by atoms with Crippen LogP contribution in [0.1, 0.15) is 149 Å². The predicted octanol–water partition coefficient (Wildman–Crippen LogP) is 11.8. The Labute approximate surface area is 367 Å². The molecule has 0 fully saturated rings. The van der Waals surface area contributed by atoms with Crippen molar-refractivity contribution in [1.29, 1.82) is 0 Å². The fourth-order valence-corrected chi connectivity index (χ4v) is 6.09. The molecule has 344 valence electrons. The number of nitrogens with one attached hydrogen (secondary N) is 1. The lowest BCUT2D eigenvalue weighted by atomic mass is 10.1. The number of carbonyl (C=O) groups excluding carboxylic acids is 2. The summed E-state index contributed by atoms with van der Waals surface area (Å²) in [6, 6.07) is -1.57. The molecule has 0 saturated heterocycles. The first-order valence-electron chi connectivity index (χ1n) is 22.4. The summed E-state index contributed by atoms with van der Waals surface area (Å²) in [5.41, 5.74) is 0. The highest BCUT2D eigenvalue weighted by molar-refractivity contribution is 7.47. The first-order valence-corrected chi connectivity index (χ1v) is 23.9. The molecule has 1 amide bonds. The molecule has 4 N–H and O–H groups in total. The van der Waals surface area contributed by atoms with Gasteiger partial charge < -0.3 is 25.2 Å². The Morgan fingerprint density at radius 3 is 1.46 bits per heavy atom. The average molecular weight is 872 g/mol. The minimum Gasteiger partial charge on any atom is -0.480 e. The number of carboxylic acids is 1. The van der Waals surface area contributed by atoms with E-state index in [2.05, 4.69) is 116 Å². The summed E-state index contributed by atoms with van der Waals surface area (Å²) < 4.78 is 26.8. The number of aliphatic hydroxyl groups excluding tert-OH is 1. The number of unbranched alkanes of at least 4 members (excludes halogenated alkanes) is 8. The minimum atomic E-state index is -4.78. The predicted molar refractivity (Wildman–Crippen MR) is 249 cm³/mol. The molecule has 11 nitrogen and oxygen atoms in total. The largest absolute Gasteiger partial charge is 0.480 e. The molecule has 0 bridgehead atoms. The zero-order valence-corrected chi connectivity index (χ0v) is 38.1. The summed E-state index contributed by atoms with van der Waals surface area (Å²) >= 11 is 0. The van der Waals surface area contributed by atoms with Crippen molar-refractivity contribution in [3.63, 3.8) is 0 Å². The second-order valence-corrected chi connectivity index (χ2v) is 16.0. The van der Waals surface area contributed by atoms with Crippen LogP contribution in [0, 0.1) is 0 Å². The number of aliphatic carboxylic acids is 1. The highest BCUT2D eigenvalue weighted by Gasteiger charge is 2.28. The molecule has 12 heteroatoms. The van der Waals surface area contributed by atoms with Crippen molar-refractivity contribution in [1.82, 2.24) is 5.32 Å². The standard InChI is InChI=1S/C49H78NO10P/c1-3-5-7-9-11-13-15-17-19-20-21-22-23-24-25-26-27-29-31-33-35-37-39-41-48(53)58-42-45(51)43-59-61(56,57)60-44-46(49(54)55)50-47(52)40-38-36-34-32-30-28-18-16-14-12-10-8-6-4-2/h5,7,10-13,16-19,21-22,24-25,27,29,33,35,45-46,51H,3-4,6,8-9,14-15,20,23,26,28,30-32,34,36-44H2,1-2H3,(H,50,52)(H,54,55)(H,56,57)/b7-5-,12-10-,13-11-,18-16-,19-17-,22-21-,25-24-,29-27-,35-33-. The first-order chi connectivity index (χ1) is 29.6. The zero-order chi connectivity index (χ0) is 44.9. The number of phosphoric ester groups is 1. The van der Waals surface area contributed by atoms with Crippen LogP contribution in [-0.2, 0) is 32.7 Å². The molecule has 0 aliphatic carbocycles. The second-order valence-electron chi connectivity index (χ2n) is 14.5. The van der Waals surface area contributed by atoms with E-state index < -0.39 is 57.6 Å². The molecule has 61 heavy (non-hydrogen) atoms. The number of aliphatic hydroxyl groups is 1. The van der Waals surface area contributed by atoms with Crippen molar-refractivity contribution < 1.29 is 47.8 Å². The summed E-state index contributed by atoms with van der Waals surface area (Å²) in [5, 5.41) is 21.8. The monoisotopic (exact) mass is 872 g/mol. The van der Waals surface area contributed by atoms with Gasteiger partial charge in [-0.15, -0.1) is 0 Å². The third-order valence-corrected chi connectivity index (χ3v) is 9.75. The van der Waals surface area contributed by atoms with Gasteiger partial charge in [0.1, 0.15) is 12.7 Å². The van der Waals surface area contributed by atoms with Crippen LogP contribution in [0.5, 0.6) is 0 Å². The summed E-state index contributed by atoms with van der Waals surface area (Å²) in [4.78, 5) is 45.9. The molecule has 0 aliphatic heterocycles. The molecule has 0 spiro atoms. The molecular formula is C49H78NO10P. The third-order valence-electron chi connectivity index (χ3n) is 8.80. The van der Waals surface area contributed by atoms with Crippen LogP contribution in [0.25, 0.3) is 0 Å². The van der Waals surface area contributed by atoms with Gasteiger partial charge in [-0.2, -0.15) is 0 Å². The van der Waals surface area contributed by atoms with E-state index in [1.54, 1.807) is 0 Å². The quantitative estimate of drug-likeness (QED) is 0.0201. The summed E-state index contributed by atoms with van der Waals surface area (Å²) in [6.07, 6.45) is 55.5. The molecule has 0 radical (unpaired) electrons. The van der Waals surface area contributed by atoms with Crippen molar-refractivity contribution in [3.8, 4) is 0 Å². The van der Waals surface area contributed by atoms with Crippen LogP contribution < -0.4 is 5.32 Å². The number of rotatable bonds is 40. The van der Waals surface area contributed by atoms with Gasteiger partial charge in [-0.05, 0) is 89.9 Å². The Balaban J connectivity index is 4.02. The third kappa shape index (κ3) is 42.6. The van der Waals surface area contributed by atoms with Crippen LogP contribution in [-0.4, -0.2) is 64.9 Å². The van der Waals surface area contributed by atoms with Gasteiger partial charge >= 0.3 is 19.8 Å². The van der Waals surface area contributed by atoms with E-state index in [-0.39, 0.29) is 12.8 Å². The molecule has 0 aromatic heterocycles. The Morgan fingerprint density at radius 1 is 0.541 bits per heavy atom. The van der Waals surface area contributed by atoms with E-state index in [1.807, 2.05) is 12.2 Å². The van der Waals surface area contributed by atoms with Gasteiger partial charge in [0.05, 0.1) is 13.2 Å². The minimum absolute atomic E-state index is 0.119. The molecule has 0 heterocycles. The Hall–Kier alpha value is -3.86. The fraction of sp³-hybridized carbons (Fsp3) is 0.571. The number of carboxylic acid groups (broad SMARTS) is 1. The molecule has 0 aliphatic rings. The van der Waals surface area contributed by atoms with Gasteiger partial charge in [0.15, 0.2) is 6.04 Å². The average Bonchev–Trinajstić information content (AvgIpc) is 3.24. The number of allylic oxidation sites excluding steroid dienone is 18. The van der Waals surface area contributed by atoms with Crippen molar-refractivity contribution in [2.75, 3.05) is 19.8 Å². The second kappa shape index (κ2) is 42.8. The molecule has 0 rings (SSSR count). The number of amides is 1.